The fraction of sp³-hybridized carbons (Fsp3) is 0.455. The van der Waals surface area contributed by atoms with Gasteiger partial charge in [-0.15, -0.1) is 11.3 Å². The zero-order valence-corrected chi connectivity index (χ0v) is 53.2. The van der Waals surface area contributed by atoms with Crippen LogP contribution in [0.5, 0.6) is 0 Å². The van der Waals surface area contributed by atoms with Crippen LogP contribution in [0.15, 0.2) is 103 Å². The highest BCUT2D eigenvalue weighted by Gasteiger charge is 2.52. The summed E-state index contributed by atoms with van der Waals surface area (Å²) in [7, 11) is 0. The van der Waals surface area contributed by atoms with Crippen molar-refractivity contribution in [3.63, 3.8) is 0 Å². The average Bonchev–Trinajstić information content (AvgIpc) is 4.06. The lowest BCUT2D eigenvalue weighted by Crippen LogP contribution is -2.61. The minimum Gasteiger partial charge on any atom is -0.311 e. The van der Waals surface area contributed by atoms with Crippen LogP contribution in [0.25, 0.3) is 32.0 Å². The van der Waals surface area contributed by atoms with E-state index in [-0.39, 0.29) is 55.4 Å². The Bertz CT molecular complexity index is 4120. The molecule has 81 heavy (non-hydrogen) atoms. The van der Waals surface area contributed by atoms with Gasteiger partial charge in [0.2, 0.25) is 0 Å². The van der Waals surface area contributed by atoms with Crippen molar-refractivity contribution in [1.29, 1.82) is 0 Å². The van der Waals surface area contributed by atoms with E-state index in [1.807, 2.05) is 0 Å². The van der Waals surface area contributed by atoms with Crippen LogP contribution in [0.4, 0.5) is 34.1 Å². The molecule has 8 aromatic rings. The normalized spacial score (nSPS) is 23.0. The Morgan fingerprint density at radius 2 is 0.938 bits per heavy atom. The highest BCUT2D eigenvalue weighted by Crippen LogP contribution is 2.60. The Hall–Kier alpha value is -5.58. The van der Waals surface area contributed by atoms with Gasteiger partial charge in [-0.3, -0.25) is 0 Å². The van der Waals surface area contributed by atoms with Crippen molar-refractivity contribution < 1.29 is 0 Å². The van der Waals surface area contributed by atoms with Crippen molar-refractivity contribution in [2.24, 2.45) is 0 Å². The lowest BCUT2D eigenvalue weighted by Gasteiger charge is -2.50. The Labute approximate surface area is 490 Å². The lowest BCUT2D eigenvalue weighted by atomic mass is 9.35. The Morgan fingerprint density at radius 1 is 0.420 bits per heavy atom. The number of thiophene rings is 1. The standard InChI is InChI=1S/C77H87BN2S/c1-69(2,3)46-35-63-66-64(36-46)80-61-41-57-54(72(8,9)27-29-74(57,12)13)38-49(61)45-33-44-21-19-20-22-48(44)52(34-45)77(18)32-31-76(16,17)56-40-60(62(80)42-59(56)77)78(66)68-67(50-39-55-58(43-65(50)81-68)75(14,15)30-28-73(55,10)11)79(63)47-23-24-51-53(37-47)71(6,7)26-25-70(51,4)5/h19-24,33-43H,25-32H2,1-18H3. The first-order valence-corrected chi connectivity index (χ1v) is 32.1. The number of fused-ring (bicyclic) bond motifs is 17. The fourth-order valence-corrected chi connectivity index (χ4v) is 18.7. The van der Waals surface area contributed by atoms with Gasteiger partial charge in [0.25, 0.3) is 6.71 Å². The smallest absolute Gasteiger partial charge is 0.264 e. The van der Waals surface area contributed by atoms with Gasteiger partial charge in [0.1, 0.15) is 0 Å². The van der Waals surface area contributed by atoms with Crippen molar-refractivity contribution in [3.05, 3.63) is 159 Å². The van der Waals surface area contributed by atoms with E-state index in [1.54, 1.807) is 5.56 Å². The van der Waals surface area contributed by atoms with Crippen molar-refractivity contribution in [2.45, 2.75) is 225 Å². The summed E-state index contributed by atoms with van der Waals surface area (Å²) in [5.41, 5.74) is 28.7. The highest BCUT2D eigenvalue weighted by molar-refractivity contribution is 7.33. The Balaban J connectivity index is 1.14. The maximum absolute atomic E-state index is 2.86. The first kappa shape index (κ1) is 52.2. The van der Waals surface area contributed by atoms with E-state index in [1.165, 1.54) is 164 Å². The monoisotopic (exact) mass is 1080 g/mol. The summed E-state index contributed by atoms with van der Waals surface area (Å²) in [6, 6.07) is 44.0. The summed E-state index contributed by atoms with van der Waals surface area (Å²) in [6.45, 7) is 45.2. The SMILES string of the molecule is CC(C)(C)c1cc2c3c(c1)N(c1ccc4c(c1)C(C)(C)CCC4(C)C)c1c(sc4cc5c(cc14)C(C)(C)CCC5(C)C)B3c1cc3c4cc1N2c1cc2c(cc1-c1cc(c5ccccc5c1)C4(C)CCC3(C)C)C(C)(C)CCC2(C)C. The molecule has 0 fully saturated rings. The van der Waals surface area contributed by atoms with Gasteiger partial charge in [-0.1, -0.05) is 161 Å². The van der Waals surface area contributed by atoms with Crippen molar-refractivity contribution in [3.8, 4) is 11.1 Å². The molecule has 1 aromatic heterocycles. The van der Waals surface area contributed by atoms with Crippen molar-refractivity contribution in [2.75, 3.05) is 9.80 Å². The zero-order chi connectivity index (χ0) is 57.1. The largest absolute Gasteiger partial charge is 0.311 e. The van der Waals surface area contributed by atoms with E-state index in [0.717, 1.165) is 19.3 Å². The minimum absolute atomic E-state index is 0.00982. The van der Waals surface area contributed by atoms with E-state index < -0.39 is 0 Å². The number of benzene rings is 7. The zero-order valence-electron chi connectivity index (χ0n) is 52.4. The minimum atomic E-state index is -0.216. The van der Waals surface area contributed by atoms with Gasteiger partial charge < -0.3 is 9.80 Å². The number of hydrogen-bond acceptors (Lipinski definition) is 3. The molecule has 0 spiro atoms. The molecule has 4 heterocycles. The second-order valence-corrected chi connectivity index (χ2v) is 33.9. The van der Waals surface area contributed by atoms with Gasteiger partial charge in [-0.05, 0) is 244 Å². The maximum atomic E-state index is 2.86. The molecular weight excluding hydrogens is 996 g/mol. The van der Waals surface area contributed by atoms with Gasteiger partial charge in [0.15, 0.2) is 0 Å². The van der Waals surface area contributed by atoms with Gasteiger partial charge >= 0.3 is 0 Å². The first-order chi connectivity index (χ1) is 37.8. The quantitative estimate of drug-likeness (QED) is 0.151. The van der Waals surface area contributed by atoms with Crippen LogP contribution in [0.2, 0.25) is 0 Å². The molecule has 0 amide bonds. The first-order valence-electron chi connectivity index (χ1n) is 31.3. The molecule has 7 aliphatic rings. The molecule has 1 atom stereocenters. The molecule has 0 N–H and O–H groups in total. The van der Waals surface area contributed by atoms with Crippen LogP contribution < -0.4 is 25.5 Å². The van der Waals surface area contributed by atoms with E-state index >= 15 is 0 Å². The third-order valence-corrected chi connectivity index (χ3v) is 24.5. The van der Waals surface area contributed by atoms with Crippen LogP contribution in [-0.2, 0) is 48.7 Å². The van der Waals surface area contributed by atoms with E-state index in [0.29, 0.717) is 0 Å². The fourth-order valence-electron chi connectivity index (χ4n) is 17.3. The predicted molar refractivity (Wildman–Crippen MR) is 352 cm³/mol. The summed E-state index contributed by atoms with van der Waals surface area (Å²) < 4.78 is 2.92. The molecule has 4 heteroatoms. The number of nitrogens with zero attached hydrogens (tertiary/aromatic N) is 2. The van der Waals surface area contributed by atoms with E-state index in [2.05, 4.69) is 249 Å². The predicted octanol–water partition coefficient (Wildman–Crippen LogP) is 19.8. The van der Waals surface area contributed by atoms with E-state index in [9.17, 15) is 0 Å². The summed E-state index contributed by atoms with van der Waals surface area (Å²) in [5.74, 6) is 0. The van der Waals surface area contributed by atoms with E-state index in [4.69, 9.17) is 0 Å². The Kier molecular flexibility index (Phi) is 10.3. The highest BCUT2D eigenvalue weighted by atomic mass is 32.1. The molecule has 15 rings (SSSR count). The number of rotatable bonds is 1. The van der Waals surface area contributed by atoms with Crippen LogP contribution in [0.1, 0.15) is 232 Å². The molecule has 0 saturated carbocycles. The van der Waals surface area contributed by atoms with Gasteiger partial charge in [-0.2, -0.15) is 0 Å². The van der Waals surface area contributed by atoms with Crippen molar-refractivity contribution >= 4 is 88.7 Å². The second kappa shape index (κ2) is 16.0. The summed E-state index contributed by atoms with van der Waals surface area (Å²) >= 11 is 2.11. The molecule has 1 unspecified atom stereocenters. The molecule has 0 saturated heterocycles. The molecule has 414 valence electrons. The molecular formula is C77H87BN2S. The van der Waals surface area contributed by atoms with Gasteiger partial charge in [0.05, 0.1) is 11.4 Å². The van der Waals surface area contributed by atoms with Gasteiger partial charge in [0, 0.05) is 48.6 Å². The van der Waals surface area contributed by atoms with Crippen LogP contribution in [0.3, 0.4) is 0 Å². The topological polar surface area (TPSA) is 6.48 Å². The summed E-state index contributed by atoms with van der Waals surface area (Å²) in [6.07, 6.45) is 9.32. The van der Waals surface area contributed by atoms with Crippen LogP contribution in [0, 0.1) is 0 Å². The van der Waals surface area contributed by atoms with Crippen LogP contribution in [-0.4, -0.2) is 6.71 Å². The molecule has 0 radical (unpaired) electrons. The van der Waals surface area contributed by atoms with Gasteiger partial charge in [-0.25, -0.2) is 0 Å². The third kappa shape index (κ3) is 7.10. The Morgan fingerprint density at radius 3 is 1.57 bits per heavy atom. The maximum Gasteiger partial charge on any atom is 0.264 e. The molecule has 2 nitrogen and oxygen atoms in total. The summed E-state index contributed by atoms with van der Waals surface area (Å²) in [4.78, 5) is 5.68. The van der Waals surface area contributed by atoms with Crippen LogP contribution >= 0.6 is 11.3 Å². The second-order valence-electron chi connectivity index (χ2n) is 32.9. The number of anilines is 6. The number of hydrogen-bond donors (Lipinski definition) is 0. The summed E-state index contributed by atoms with van der Waals surface area (Å²) in [5, 5.41) is 4.14. The molecule has 4 aliphatic carbocycles. The molecule has 3 aliphatic heterocycles. The lowest BCUT2D eigenvalue weighted by molar-refractivity contribution is 0.332. The average molecular weight is 1080 g/mol. The molecule has 7 aromatic carbocycles. The van der Waals surface area contributed by atoms with Crippen molar-refractivity contribution in [1.82, 2.24) is 0 Å². The molecule has 4 bridgehead atoms. The third-order valence-electron chi connectivity index (χ3n) is 23.3.